The van der Waals surface area contributed by atoms with Crippen LogP contribution in [0.5, 0.6) is 5.75 Å². The fraction of sp³-hybridized carbons (Fsp3) is 0.667. The second-order valence-corrected chi connectivity index (χ2v) is 11.4. The topological polar surface area (TPSA) is 96.0 Å². The zero-order valence-corrected chi connectivity index (χ0v) is 20.8. The van der Waals surface area contributed by atoms with Crippen molar-refractivity contribution in [1.29, 1.82) is 0 Å². The standard InChI is InChI=1S/C24H37N3O5S/c1-18(2)17-22(28)25-23(24(29)26-13-5-4-6-14-26)19-11-15-27(16-12-19)33(30,31)21-9-7-20(32-3)8-10-21/h7-10,18-19,23H,4-6,11-17H2,1-3H3,(H,25,28). The molecule has 1 aromatic carbocycles. The highest BCUT2D eigenvalue weighted by Crippen LogP contribution is 2.28. The summed E-state index contributed by atoms with van der Waals surface area (Å²) in [6.07, 6.45) is 4.52. The molecule has 1 unspecified atom stereocenters. The van der Waals surface area contributed by atoms with Gasteiger partial charge in [-0.1, -0.05) is 13.8 Å². The van der Waals surface area contributed by atoms with Gasteiger partial charge in [-0.05, 0) is 68.2 Å². The fourth-order valence-corrected chi connectivity index (χ4v) is 6.11. The van der Waals surface area contributed by atoms with Crippen LogP contribution < -0.4 is 10.1 Å². The summed E-state index contributed by atoms with van der Waals surface area (Å²) in [5.74, 6) is 0.575. The molecule has 184 valence electrons. The Balaban J connectivity index is 1.69. The lowest BCUT2D eigenvalue weighted by Crippen LogP contribution is -2.55. The number of hydrogen-bond donors (Lipinski definition) is 1. The Morgan fingerprint density at radius 2 is 1.64 bits per heavy atom. The maximum absolute atomic E-state index is 13.3. The number of carbonyl (C=O) groups excluding carboxylic acids is 2. The smallest absolute Gasteiger partial charge is 0.245 e. The Bertz CT molecular complexity index is 903. The summed E-state index contributed by atoms with van der Waals surface area (Å²) < 4.78 is 32.8. The van der Waals surface area contributed by atoms with Gasteiger partial charge in [0, 0.05) is 32.6 Å². The Morgan fingerprint density at radius 3 is 2.18 bits per heavy atom. The van der Waals surface area contributed by atoms with Crippen LogP contribution >= 0.6 is 0 Å². The third-order valence-corrected chi connectivity index (χ3v) is 8.42. The molecule has 8 nitrogen and oxygen atoms in total. The van der Waals surface area contributed by atoms with E-state index in [-0.39, 0.29) is 28.5 Å². The molecule has 2 heterocycles. The minimum atomic E-state index is -3.62. The van der Waals surface area contributed by atoms with E-state index in [2.05, 4.69) is 5.32 Å². The van der Waals surface area contributed by atoms with Crippen LogP contribution in [0.25, 0.3) is 0 Å². The molecule has 0 aliphatic carbocycles. The number of ether oxygens (including phenoxy) is 1. The Morgan fingerprint density at radius 1 is 1.03 bits per heavy atom. The van der Waals surface area contributed by atoms with Crippen LogP contribution in [0.15, 0.2) is 29.2 Å². The number of nitrogens with zero attached hydrogens (tertiary/aromatic N) is 2. The average molecular weight is 480 g/mol. The van der Waals surface area contributed by atoms with Gasteiger partial charge in [-0.25, -0.2) is 8.42 Å². The van der Waals surface area contributed by atoms with Crippen LogP contribution in [0.3, 0.4) is 0 Å². The van der Waals surface area contributed by atoms with Gasteiger partial charge in [0.15, 0.2) is 0 Å². The Hall–Kier alpha value is -2.13. The molecular formula is C24H37N3O5S. The third kappa shape index (κ3) is 6.47. The van der Waals surface area contributed by atoms with Crippen molar-refractivity contribution in [3.63, 3.8) is 0 Å². The summed E-state index contributed by atoms with van der Waals surface area (Å²) in [6, 6.07) is 5.78. The quantitative estimate of drug-likeness (QED) is 0.618. The van der Waals surface area contributed by atoms with Gasteiger partial charge in [0.2, 0.25) is 21.8 Å². The zero-order valence-electron chi connectivity index (χ0n) is 20.0. The van der Waals surface area contributed by atoms with E-state index in [0.29, 0.717) is 38.1 Å². The lowest BCUT2D eigenvalue weighted by atomic mass is 9.88. The number of likely N-dealkylation sites (tertiary alicyclic amines) is 1. The number of methoxy groups -OCH3 is 1. The van der Waals surface area contributed by atoms with Gasteiger partial charge in [0.05, 0.1) is 12.0 Å². The summed E-state index contributed by atoms with van der Waals surface area (Å²) >= 11 is 0. The minimum absolute atomic E-state index is 0.0248. The molecule has 0 saturated carbocycles. The van der Waals surface area contributed by atoms with E-state index in [9.17, 15) is 18.0 Å². The van der Waals surface area contributed by atoms with Gasteiger partial charge in [0.25, 0.3) is 0 Å². The first-order valence-corrected chi connectivity index (χ1v) is 13.4. The molecule has 9 heteroatoms. The largest absolute Gasteiger partial charge is 0.497 e. The van der Waals surface area contributed by atoms with Crippen LogP contribution in [-0.2, 0) is 19.6 Å². The van der Waals surface area contributed by atoms with Crippen molar-refractivity contribution in [2.45, 2.75) is 63.3 Å². The van der Waals surface area contributed by atoms with E-state index in [1.54, 1.807) is 24.3 Å². The van der Waals surface area contributed by atoms with Crippen molar-refractivity contribution in [3.8, 4) is 5.75 Å². The molecule has 33 heavy (non-hydrogen) atoms. The summed E-state index contributed by atoms with van der Waals surface area (Å²) in [4.78, 5) is 28.0. The van der Waals surface area contributed by atoms with E-state index < -0.39 is 16.1 Å². The molecule has 1 N–H and O–H groups in total. The van der Waals surface area contributed by atoms with Crippen molar-refractivity contribution in [2.75, 3.05) is 33.3 Å². The normalized spacial score (nSPS) is 19.3. The molecule has 0 radical (unpaired) electrons. The third-order valence-electron chi connectivity index (χ3n) is 6.51. The van der Waals surface area contributed by atoms with Crippen molar-refractivity contribution in [1.82, 2.24) is 14.5 Å². The molecule has 2 aliphatic rings. The monoisotopic (exact) mass is 479 g/mol. The van der Waals surface area contributed by atoms with Crippen molar-refractivity contribution < 1.29 is 22.7 Å². The van der Waals surface area contributed by atoms with E-state index in [1.807, 2.05) is 18.7 Å². The molecule has 0 bridgehead atoms. The number of carbonyl (C=O) groups is 2. The number of piperidine rings is 2. The molecule has 2 amide bonds. The maximum atomic E-state index is 13.3. The molecule has 3 rings (SSSR count). The molecule has 2 aliphatic heterocycles. The van der Waals surface area contributed by atoms with Gasteiger partial charge < -0.3 is 15.0 Å². The predicted octanol–water partition coefficient (Wildman–Crippen LogP) is 2.64. The van der Waals surface area contributed by atoms with Gasteiger partial charge in [0.1, 0.15) is 11.8 Å². The first-order valence-electron chi connectivity index (χ1n) is 11.9. The van der Waals surface area contributed by atoms with Gasteiger partial charge in [-0.15, -0.1) is 0 Å². The summed E-state index contributed by atoms with van der Waals surface area (Å²) in [6.45, 7) is 6.04. The highest BCUT2D eigenvalue weighted by atomic mass is 32.2. The van der Waals surface area contributed by atoms with Crippen molar-refractivity contribution in [2.24, 2.45) is 11.8 Å². The number of nitrogens with one attached hydrogen (secondary N) is 1. The van der Waals surface area contributed by atoms with Crippen LogP contribution in [-0.4, -0.2) is 68.8 Å². The molecule has 1 atom stereocenters. The highest BCUT2D eigenvalue weighted by Gasteiger charge is 2.38. The van der Waals surface area contributed by atoms with Crippen LogP contribution in [0, 0.1) is 11.8 Å². The number of amides is 2. The second-order valence-electron chi connectivity index (χ2n) is 9.45. The van der Waals surface area contributed by atoms with Crippen LogP contribution in [0.1, 0.15) is 52.4 Å². The van der Waals surface area contributed by atoms with E-state index >= 15 is 0 Å². The SMILES string of the molecule is COc1ccc(S(=O)(=O)N2CCC(C(NC(=O)CC(C)C)C(=O)N3CCCCC3)CC2)cc1. The zero-order chi connectivity index (χ0) is 24.0. The molecule has 2 fully saturated rings. The lowest BCUT2D eigenvalue weighted by molar-refractivity contribution is -0.139. The molecule has 0 spiro atoms. The number of benzene rings is 1. The van der Waals surface area contributed by atoms with Crippen molar-refractivity contribution in [3.05, 3.63) is 24.3 Å². The van der Waals surface area contributed by atoms with Crippen molar-refractivity contribution >= 4 is 21.8 Å². The average Bonchev–Trinajstić information content (AvgIpc) is 2.82. The van der Waals surface area contributed by atoms with Crippen LogP contribution in [0.2, 0.25) is 0 Å². The van der Waals surface area contributed by atoms with Crippen LogP contribution in [0.4, 0.5) is 0 Å². The summed E-state index contributed by atoms with van der Waals surface area (Å²) in [5, 5.41) is 3.00. The lowest BCUT2D eigenvalue weighted by Gasteiger charge is -2.38. The second kappa shape index (κ2) is 11.3. The van der Waals surface area contributed by atoms with Gasteiger partial charge >= 0.3 is 0 Å². The fourth-order valence-electron chi connectivity index (χ4n) is 4.64. The summed E-state index contributed by atoms with van der Waals surface area (Å²) in [5.41, 5.74) is 0. The molecule has 2 saturated heterocycles. The van der Waals surface area contributed by atoms with E-state index in [4.69, 9.17) is 4.74 Å². The summed E-state index contributed by atoms with van der Waals surface area (Å²) in [7, 11) is -2.08. The minimum Gasteiger partial charge on any atom is -0.497 e. The molecule has 0 aromatic heterocycles. The first-order chi connectivity index (χ1) is 15.7. The maximum Gasteiger partial charge on any atom is 0.245 e. The first kappa shape index (κ1) is 25.5. The van der Waals surface area contributed by atoms with Gasteiger partial charge in [-0.2, -0.15) is 4.31 Å². The predicted molar refractivity (Wildman–Crippen MR) is 126 cm³/mol. The van der Waals surface area contributed by atoms with Gasteiger partial charge in [-0.3, -0.25) is 9.59 Å². The highest BCUT2D eigenvalue weighted by molar-refractivity contribution is 7.89. The Kier molecular flexibility index (Phi) is 8.75. The van der Waals surface area contributed by atoms with E-state index in [0.717, 1.165) is 32.4 Å². The van der Waals surface area contributed by atoms with E-state index in [1.165, 1.54) is 11.4 Å². The molecule has 1 aromatic rings. The number of rotatable bonds is 8. The Labute approximate surface area is 197 Å². The molecular weight excluding hydrogens is 442 g/mol. The number of sulfonamides is 1. The number of hydrogen-bond acceptors (Lipinski definition) is 5.